The second kappa shape index (κ2) is 7.13. The van der Waals surface area contributed by atoms with E-state index in [2.05, 4.69) is 34.6 Å². The van der Waals surface area contributed by atoms with E-state index < -0.39 is 0 Å². The Morgan fingerprint density at radius 3 is 3.05 bits per heavy atom. The van der Waals surface area contributed by atoms with Gasteiger partial charge in [0.1, 0.15) is 0 Å². The molecule has 1 N–H and O–H groups in total. The van der Waals surface area contributed by atoms with E-state index in [1.165, 1.54) is 47.4 Å². The highest BCUT2D eigenvalue weighted by atomic mass is 35.5. The van der Waals surface area contributed by atoms with E-state index in [1.54, 1.807) is 0 Å². The lowest BCUT2D eigenvalue weighted by Crippen LogP contribution is -2.30. The largest absolute Gasteiger partial charge is 0.316 e. The summed E-state index contributed by atoms with van der Waals surface area (Å²) in [6, 6.07) is 8.74. The minimum Gasteiger partial charge on any atom is -0.316 e. The van der Waals surface area contributed by atoms with Gasteiger partial charge in [0.25, 0.3) is 0 Å². The number of aromatic nitrogens is 1. The third-order valence-electron chi connectivity index (χ3n) is 3.50. The average Bonchev–Trinajstić information content (AvgIpc) is 2.46. The summed E-state index contributed by atoms with van der Waals surface area (Å²) < 4.78 is 0. The number of fused-ring (bicyclic) bond motifs is 1. The zero-order valence-electron chi connectivity index (χ0n) is 10.8. The average molecular weight is 295 g/mol. The Morgan fingerprint density at radius 1 is 1.26 bits per heavy atom. The van der Waals surface area contributed by atoms with Crippen molar-refractivity contribution in [3.63, 3.8) is 0 Å². The number of hydrogen-bond donors (Lipinski definition) is 1. The van der Waals surface area contributed by atoms with E-state index in [1.807, 2.05) is 24.2 Å². The number of pyridine rings is 1. The molecule has 4 heteroatoms. The first-order valence-electron chi connectivity index (χ1n) is 6.59. The number of thioether (sulfide) groups is 1. The minimum atomic E-state index is 0. The summed E-state index contributed by atoms with van der Waals surface area (Å²) >= 11 is 1.97. The quantitative estimate of drug-likeness (QED) is 0.873. The summed E-state index contributed by atoms with van der Waals surface area (Å²) in [5, 5.41) is 5.99. The predicted molar refractivity (Wildman–Crippen MR) is 85.3 cm³/mol. The molecule has 0 amide bonds. The molecule has 1 aliphatic heterocycles. The van der Waals surface area contributed by atoms with Crippen molar-refractivity contribution < 1.29 is 0 Å². The molecule has 3 rings (SSSR count). The van der Waals surface area contributed by atoms with E-state index in [0.29, 0.717) is 0 Å². The van der Waals surface area contributed by atoms with Crippen molar-refractivity contribution in [1.29, 1.82) is 0 Å². The first-order chi connectivity index (χ1) is 8.92. The van der Waals surface area contributed by atoms with Gasteiger partial charge in [-0.3, -0.25) is 4.98 Å². The van der Waals surface area contributed by atoms with E-state index in [-0.39, 0.29) is 12.4 Å². The van der Waals surface area contributed by atoms with Gasteiger partial charge in [0.2, 0.25) is 0 Å². The molecule has 1 aromatic carbocycles. The van der Waals surface area contributed by atoms with Crippen molar-refractivity contribution in [2.75, 3.05) is 18.8 Å². The van der Waals surface area contributed by atoms with Crippen molar-refractivity contribution in [1.82, 2.24) is 10.3 Å². The van der Waals surface area contributed by atoms with Crippen LogP contribution in [0.25, 0.3) is 10.8 Å². The maximum absolute atomic E-state index is 4.18. The van der Waals surface area contributed by atoms with Gasteiger partial charge in [-0.15, -0.1) is 24.2 Å². The minimum absolute atomic E-state index is 0. The van der Waals surface area contributed by atoms with Gasteiger partial charge in [-0.1, -0.05) is 6.07 Å². The molecule has 0 radical (unpaired) electrons. The SMILES string of the molecule is Cl.c1cc2ccc(SCC3CCCNC3)cc2cn1. The van der Waals surface area contributed by atoms with Crippen LogP contribution in [0.1, 0.15) is 12.8 Å². The summed E-state index contributed by atoms with van der Waals surface area (Å²) in [5.74, 6) is 2.05. The molecule has 102 valence electrons. The van der Waals surface area contributed by atoms with Gasteiger partial charge < -0.3 is 5.32 Å². The van der Waals surface area contributed by atoms with Gasteiger partial charge in [-0.05, 0) is 55.4 Å². The van der Waals surface area contributed by atoms with Crippen LogP contribution in [-0.2, 0) is 0 Å². The Bertz CT molecular complexity index is 526. The lowest BCUT2D eigenvalue weighted by molar-refractivity contribution is 0.410. The fourth-order valence-corrected chi connectivity index (χ4v) is 3.52. The lowest BCUT2D eigenvalue weighted by atomic mass is 10.0. The van der Waals surface area contributed by atoms with Crippen LogP contribution in [0.15, 0.2) is 41.6 Å². The molecule has 2 nitrogen and oxygen atoms in total. The third-order valence-corrected chi connectivity index (χ3v) is 4.72. The molecular weight excluding hydrogens is 276 g/mol. The highest BCUT2D eigenvalue weighted by Crippen LogP contribution is 2.26. The van der Waals surface area contributed by atoms with Crippen LogP contribution >= 0.6 is 24.2 Å². The smallest absolute Gasteiger partial charge is 0.0346 e. The molecule has 0 saturated carbocycles. The van der Waals surface area contributed by atoms with Gasteiger partial charge in [0, 0.05) is 28.4 Å². The highest BCUT2D eigenvalue weighted by Gasteiger charge is 2.12. The zero-order chi connectivity index (χ0) is 12.2. The number of halogens is 1. The second-order valence-electron chi connectivity index (χ2n) is 4.91. The molecule has 1 aliphatic rings. The molecule has 0 bridgehead atoms. The molecule has 2 heterocycles. The first-order valence-corrected chi connectivity index (χ1v) is 7.58. The van der Waals surface area contributed by atoms with Crippen molar-refractivity contribution >= 4 is 34.9 Å². The highest BCUT2D eigenvalue weighted by molar-refractivity contribution is 7.99. The van der Waals surface area contributed by atoms with Crippen LogP contribution in [0.3, 0.4) is 0 Å². The molecule has 1 atom stereocenters. The summed E-state index contributed by atoms with van der Waals surface area (Å²) in [5.41, 5.74) is 0. The molecule has 1 unspecified atom stereocenters. The van der Waals surface area contributed by atoms with Gasteiger partial charge in [0.05, 0.1) is 0 Å². The number of benzene rings is 1. The summed E-state index contributed by atoms with van der Waals surface area (Å²) in [6.45, 7) is 2.38. The third kappa shape index (κ3) is 3.85. The lowest BCUT2D eigenvalue weighted by Gasteiger charge is -2.22. The Balaban J connectivity index is 0.00000133. The van der Waals surface area contributed by atoms with Gasteiger partial charge in [-0.2, -0.15) is 0 Å². The summed E-state index contributed by atoms with van der Waals surface area (Å²) in [6.07, 6.45) is 6.49. The predicted octanol–water partition coefficient (Wildman–Crippen LogP) is 3.75. The van der Waals surface area contributed by atoms with Gasteiger partial charge in [0.15, 0.2) is 0 Å². The second-order valence-corrected chi connectivity index (χ2v) is 6.00. The maximum atomic E-state index is 4.18. The number of rotatable bonds is 3. The molecule has 1 saturated heterocycles. The number of nitrogens with one attached hydrogen (secondary N) is 1. The van der Waals surface area contributed by atoms with Crippen LogP contribution in [0.4, 0.5) is 0 Å². The molecule has 1 aromatic heterocycles. The van der Waals surface area contributed by atoms with Crippen molar-refractivity contribution in [3.8, 4) is 0 Å². The molecular formula is C15H19ClN2S. The molecule has 19 heavy (non-hydrogen) atoms. The Hall–Kier alpha value is -0.770. The van der Waals surface area contributed by atoms with Crippen molar-refractivity contribution in [2.45, 2.75) is 17.7 Å². The topological polar surface area (TPSA) is 24.9 Å². The van der Waals surface area contributed by atoms with Crippen LogP contribution < -0.4 is 5.32 Å². The number of hydrogen-bond acceptors (Lipinski definition) is 3. The molecule has 1 fully saturated rings. The van der Waals surface area contributed by atoms with E-state index in [9.17, 15) is 0 Å². The number of nitrogens with zero attached hydrogens (tertiary/aromatic N) is 1. The first kappa shape index (κ1) is 14.6. The standard InChI is InChI=1S/C15H18N2S.ClH/c1-2-12(9-16-6-1)11-18-15-4-3-13-5-7-17-10-14(13)8-15;/h3-5,7-8,10,12,16H,1-2,6,9,11H2;1H. The van der Waals surface area contributed by atoms with Gasteiger partial charge >= 0.3 is 0 Å². The van der Waals surface area contributed by atoms with Crippen molar-refractivity contribution in [3.05, 3.63) is 36.7 Å². The maximum Gasteiger partial charge on any atom is 0.0346 e. The normalized spacial score (nSPS) is 19.1. The van der Waals surface area contributed by atoms with Crippen molar-refractivity contribution in [2.24, 2.45) is 5.92 Å². The Labute approximate surface area is 124 Å². The summed E-state index contributed by atoms with van der Waals surface area (Å²) in [7, 11) is 0. The summed E-state index contributed by atoms with van der Waals surface area (Å²) in [4.78, 5) is 5.55. The molecule has 0 spiro atoms. The van der Waals surface area contributed by atoms with Gasteiger partial charge in [-0.25, -0.2) is 0 Å². The van der Waals surface area contributed by atoms with Crippen LogP contribution in [-0.4, -0.2) is 23.8 Å². The van der Waals surface area contributed by atoms with Crippen LogP contribution in [0, 0.1) is 5.92 Å². The van der Waals surface area contributed by atoms with E-state index in [0.717, 1.165) is 5.92 Å². The van der Waals surface area contributed by atoms with Crippen LogP contribution in [0.2, 0.25) is 0 Å². The fraction of sp³-hybridized carbons (Fsp3) is 0.400. The molecule has 2 aromatic rings. The van der Waals surface area contributed by atoms with Crippen LogP contribution in [0.5, 0.6) is 0 Å². The van der Waals surface area contributed by atoms with E-state index >= 15 is 0 Å². The Kier molecular flexibility index (Phi) is 5.49. The van der Waals surface area contributed by atoms with E-state index in [4.69, 9.17) is 0 Å². The monoisotopic (exact) mass is 294 g/mol. The molecule has 0 aliphatic carbocycles. The Morgan fingerprint density at radius 2 is 2.21 bits per heavy atom. The zero-order valence-corrected chi connectivity index (χ0v) is 12.5. The fourth-order valence-electron chi connectivity index (χ4n) is 2.43. The number of piperidine rings is 1.